The van der Waals surface area contributed by atoms with E-state index in [1.54, 1.807) is 7.11 Å². The number of methoxy groups -OCH3 is 1. The summed E-state index contributed by atoms with van der Waals surface area (Å²) >= 11 is 0. The summed E-state index contributed by atoms with van der Waals surface area (Å²) in [7, 11) is 1.70. The van der Waals surface area contributed by atoms with E-state index in [4.69, 9.17) is 10.5 Å². The molecule has 21 heavy (non-hydrogen) atoms. The summed E-state index contributed by atoms with van der Waals surface area (Å²) in [6.07, 6.45) is 3.23. The molecule has 0 aliphatic rings. The molecular weight excluding hydrogens is 288 g/mol. The normalized spacial score (nSPS) is 10.0. The average molecular weight is 315 g/mol. The Kier molecular flexibility index (Phi) is 12.0. The van der Waals surface area contributed by atoms with Crippen molar-refractivity contribution in [1.29, 1.82) is 0 Å². The Balaban J connectivity index is 0.00000400. The van der Waals surface area contributed by atoms with Gasteiger partial charge >= 0.3 is 0 Å². The predicted molar refractivity (Wildman–Crippen MR) is 88.5 cm³/mol. The Labute approximate surface area is 134 Å². The monoisotopic (exact) mass is 314 g/mol. The summed E-state index contributed by atoms with van der Waals surface area (Å²) in [5, 5.41) is 0. The van der Waals surface area contributed by atoms with Gasteiger partial charge < -0.3 is 15.4 Å². The van der Waals surface area contributed by atoms with E-state index in [0.717, 1.165) is 32.4 Å². The largest absolute Gasteiger partial charge is 0.385 e. The number of hydrogen-bond acceptors (Lipinski definition) is 3. The highest BCUT2D eigenvalue weighted by atomic mass is 35.5. The number of nitrogens with zero attached hydrogens (tertiary/aromatic N) is 1. The molecule has 0 saturated carbocycles. The predicted octanol–water partition coefficient (Wildman–Crippen LogP) is 2.60. The van der Waals surface area contributed by atoms with Crippen LogP contribution in [0.15, 0.2) is 30.3 Å². The van der Waals surface area contributed by atoms with Crippen molar-refractivity contribution in [2.45, 2.75) is 32.2 Å². The number of ether oxygens (including phenoxy) is 1. The number of halogens is 1. The molecule has 1 rings (SSSR count). The number of amides is 1. The first-order chi connectivity index (χ1) is 9.77. The van der Waals surface area contributed by atoms with E-state index in [0.29, 0.717) is 19.5 Å². The van der Waals surface area contributed by atoms with Crippen LogP contribution in [0.4, 0.5) is 0 Å². The number of hydrogen-bond donors (Lipinski definition) is 1. The van der Waals surface area contributed by atoms with Gasteiger partial charge in [0.1, 0.15) is 0 Å². The van der Waals surface area contributed by atoms with Gasteiger partial charge in [0, 0.05) is 33.2 Å². The van der Waals surface area contributed by atoms with Gasteiger partial charge in [-0.25, -0.2) is 0 Å². The van der Waals surface area contributed by atoms with E-state index in [1.807, 2.05) is 23.1 Å². The lowest BCUT2D eigenvalue weighted by Crippen LogP contribution is -2.31. The van der Waals surface area contributed by atoms with E-state index in [9.17, 15) is 4.79 Å². The summed E-state index contributed by atoms with van der Waals surface area (Å²) in [5.74, 6) is 0.191. The van der Waals surface area contributed by atoms with E-state index in [-0.39, 0.29) is 18.3 Å². The van der Waals surface area contributed by atoms with Crippen LogP contribution in [0.1, 0.15) is 31.2 Å². The number of unbranched alkanes of at least 4 members (excludes halogenated alkanes) is 1. The summed E-state index contributed by atoms with van der Waals surface area (Å²) in [5.41, 5.74) is 6.65. The molecule has 0 atom stereocenters. The lowest BCUT2D eigenvalue weighted by atomic mass is 10.2. The molecule has 5 heteroatoms. The highest BCUT2D eigenvalue weighted by Crippen LogP contribution is 2.08. The fraction of sp³-hybridized carbons (Fsp3) is 0.562. The van der Waals surface area contributed by atoms with Gasteiger partial charge in [-0.1, -0.05) is 30.3 Å². The first-order valence-electron chi connectivity index (χ1n) is 7.28. The second-order valence-electron chi connectivity index (χ2n) is 4.89. The summed E-state index contributed by atoms with van der Waals surface area (Å²) in [6, 6.07) is 10.1. The maximum atomic E-state index is 12.2. The third-order valence-electron chi connectivity index (χ3n) is 3.19. The Morgan fingerprint density at radius 3 is 2.52 bits per heavy atom. The fourth-order valence-electron chi connectivity index (χ4n) is 2.06. The SMILES string of the molecule is COCCCCN(Cc1ccccc1)C(=O)CCCN.Cl. The molecule has 2 N–H and O–H groups in total. The van der Waals surface area contributed by atoms with Crippen molar-refractivity contribution in [2.24, 2.45) is 5.73 Å². The minimum absolute atomic E-state index is 0. The van der Waals surface area contributed by atoms with Crippen molar-refractivity contribution in [3.63, 3.8) is 0 Å². The third kappa shape index (κ3) is 8.71. The Morgan fingerprint density at radius 1 is 1.19 bits per heavy atom. The molecule has 1 aromatic rings. The minimum atomic E-state index is 0. The van der Waals surface area contributed by atoms with Gasteiger partial charge in [0.2, 0.25) is 5.91 Å². The molecule has 1 amide bonds. The van der Waals surface area contributed by atoms with Gasteiger partial charge in [0.05, 0.1) is 0 Å². The van der Waals surface area contributed by atoms with Crippen molar-refractivity contribution in [3.05, 3.63) is 35.9 Å². The smallest absolute Gasteiger partial charge is 0.222 e. The molecule has 0 aliphatic heterocycles. The van der Waals surface area contributed by atoms with Crippen molar-refractivity contribution < 1.29 is 9.53 Å². The molecule has 4 nitrogen and oxygen atoms in total. The van der Waals surface area contributed by atoms with Gasteiger partial charge in [0.15, 0.2) is 0 Å². The van der Waals surface area contributed by atoms with E-state index in [2.05, 4.69) is 12.1 Å². The first-order valence-corrected chi connectivity index (χ1v) is 7.28. The van der Waals surface area contributed by atoms with Crippen LogP contribution in [-0.4, -0.2) is 37.6 Å². The fourth-order valence-corrected chi connectivity index (χ4v) is 2.06. The van der Waals surface area contributed by atoms with Crippen molar-refractivity contribution in [2.75, 3.05) is 26.8 Å². The zero-order valence-electron chi connectivity index (χ0n) is 12.8. The molecule has 1 aromatic carbocycles. The second-order valence-corrected chi connectivity index (χ2v) is 4.89. The van der Waals surface area contributed by atoms with Crippen LogP contribution in [0, 0.1) is 0 Å². The van der Waals surface area contributed by atoms with Crippen molar-refractivity contribution in [3.8, 4) is 0 Å². The van der Waals surface area contributed by atoms with E-state index in [1.165, 1.54) is 5.56 Å². The Morgan fingerprint density at radius 2 is 1.90 bits per heavy atom. The quantitative estimate of drug-likeness (QED) is 0.675. The van der Waals surface area contributed by atoms with Gasteiger partial charge in [-0.2, -0.15) is 0 Å². The van der Waals surface area contributed by atoms with Crippen LogP contribution in [0.5, 0.6) is 0 Å². The lowest BCUT2D eigenvalue weighted by Gasteiger charge is -2.23. The summed E-state index contributed by atoms with van der Waals surface area (Å²) in [6.45, 7) is 2.77. The van der Waals surface area contributed by atoms with Crippen LogP contribution in [0.3, 0.4) is 0 Å². The highest BCUT2D eigenvalue weighted by molar-refractivity contribution is 5.85. The maximum absolute atomic E-state index is 12.2. The third-order valence-corrected chi connectivity index (χ3v) is 3.19. The lowest BCUT2D eigenvalue weighted by molar-refractivity contribution is -0.132. The van der Waals surface area contributed by atoms with Crippen LogP contribution in [-0.2, 0) is 16.1 Å². The van der Waals surface area contributed by atoms with Crippen LogP contribution in [0.2, 0.25) is 0 Å². The molecule has 0 saturated heterocycles. The van der Waals surface area contributed by atoms with Gasteiger partial charge in [0.25, 0.3) is 0 Å². The molecule has 0 unspecified atom stereocenters. The van der Waals surface area contributed by atoms with Crippen molar-refractivity contribution in [1.82, 2.24) is 4.90 Å². The topological polar surface area (TPSA) is 55.6 Å². The van der Waals surface area contributed by atoms with Crippen LogP contribution < -0.4 is 5.73 Å². The molecule has 0 heterocycles. The van der Waals surface area contributed by atoms with E-state index < -0.39 is 0 Å². The maximum Gasteiger partial charge on any atom is 0.222 e. The molecule has 0 fully saturated rings. The summed E-state index contributed by atoms with van der Waals surface area (Å²) < 4.78 is 5.05. The molecule has 0 aromatic heterocycles. The first kappa shape index (κ1) is 19.9. The zero-order valence-corrected chi connectivity index (χ0v) is 13.6. The minimum Gasteiger partial charge on any atom is -0.385 e. The number of nitrogens with two attached hydrogens (primary N) is 1. The van der Waals surface area contributed by atoms with Gasteiger partial charge in [-0.05, 0) is 31.4 Å². The van der Waals surface area contributed by atoms with Crippen molar-refractivity contribution >= 4 is 18.3 Å². The number of benzene rings is 1. The molecule has 0 radical (unpaired) electrons. The van der Waals surface area contributed by atoms with Gasteiger partial charge in [-0.3, -0.25) is 4.79 Å². The summed E-state index contributed by atoms with van der Waals surface area (Å²) in [4.78, 5) is 14.1. The molecular formula is C16H27ClN2O2. The molecule has 0 spiro atoms. The second kappa shape index (κ2) is 12.6. The van der Waals surface area contributed by atoms with Crippen LogP contribution in [0.25, 0.3) is 0 Å². The number of rotatable bonds is 10. The number of carbonyl (C=O) groups is 1. The number of carbonyl (C=O) groups excluding carboxylic acids is 1. The van der Waals surface area contributed by atoms with Gasteiger partial charge in [-0.15, -0.1) is 12.4 Å². The Hall–Kier alpha value is -1.10. The highest BCUT2D eigenvalue weighted by Gasteiger charge is 2.13. The average Bonchev–Trinajstić information content (AvgIpc) is 2.49. The zero-order chi connectivity index (χ0) is 14.6. The standard InChI is InChI=1S/C16H26N2O2.ClH/c1-20-13-6-5-12-18(16(19)10-7-11-17)14-15-8-3-2-4-9-15;/h2-4,8-9H,5-7,10-14,17H2,1H3;1H. The molecule has 0 bridgehead atoms. The Bertz CT molecular complexity index is 374. The molecule has 0 aliphatic carbocycles. The van der Waals surface area contributed by atoms with Crippen LogP contribution >= 0.6 is 12.4 Å². The molecule has 120 valence electrons. The van der Waals surface area contributed by atoms with E-state index >= 15 is 0 Å².